The minimum atomic E-state index is 0.0913. The van der Waals surface area contributed by atoms with Crippen LogP contribution in [0.3, 0.4) is 0 Å². The zero-order valence-electron chi connectivity index (χ0n) is 11.9. The van der Waals surface area contributed by atoms with E-state index in [2.05, 4.69) is 27.1 Å². The van der Waals surface area contributed by atoms with E-state index in [1.165, 1.54) is 6.33 Å². The Kier molecular flexibility index (Phi) is 4.86. The van der Waals surface area contributed by atoms with Crippen molar-refractivity contribution in [3.8, 4) is 0 Å². The molecule has 7 heteroatoms. The van der Waals surface area contributed by atoms with Crippen molar-refractivity contribution in [2.75, 3.05) is 7.05 Å². The lowest BCUT2D eigenvalue weighted by Crippen LogP contribution is -2.29. The predicted molar refractivity (Wildman–Crippen MR) is 73.6 cm³/mol. The lowest BCUT2D eigenvalue weighted by atomic mass is 10.1. The van der Waals surface area contributed by atoms with Gasteiger partial charge in [0.05, 0.1) is 12.9 Å². The second kappa shape index (κ2) is 6.83. The van der Waals surface area contributed by atoms with E-state index in [9.17, 15) is 4.79 Å². The minimum absolute atomic E-state index is 0.0913. The van der Waals surface area contributed by atoms with Crippen LogP contribution in [0.15, 0.2) is 25.0 Å². The summed E-state index contributed by atoms with van der Waals surface area (Å²) in [5, 5.41) is 6.54. The summed E-state index contributed by atoms with van der Waals surface area (Å²) >= 11 is 0. The van der Waals surface area contributed by atoms with Crippen LogP contribution in [0.1, 0.15) is 38.1 Å². The third-order valence-electron chi connectivity index (χ3n) is 3.26. The Labute approximate surface area is 118 Å². The van der Waals surface area contributed by atoms with Gasteiger partial charge in [0.1, 0.15) is 12.2 Å². The third kappa shape index (κ3) is 3.66. The van der Waals surface area contributed by atoms with Crippen LogP contribution in [0, 0.1) is 0 Å². The SMILES string of the molecule is CCCC(CC(=O)N(C)Cc1ncn[nH]1)n1ccnc1. The van der Waals surface area contributed by atoms with Crippen molar-refractivity contribution in [3.63, 3.8) is 0 Å². The second-order valence-corrected chi connectivity index (χ2v) is 4.84. The van der Waals surface area contributed by atoms with Crippen molar-refractivity contribution in [3.05, 3.63) is 30.9 Å². The number of hydrogen-bond donors (Lipinski definition) is 1. The van der Waals surface area contributed by atoms with Crippen LogP contribution in [0.2, 0.25) is 0 Å². The molecule has 108 valence electrons. The molecule has 1 unspecified atom stereocenters. The number of carbonyl (C=O) groups is 1. The number of hydrogen-bond acceptors (Lipinski definition) is 4. The summed E-state index contributed by atoms with van der Waals surface area (Å²) in [7, 11) is 1.78. The fourth-order valence-electron chi connectivity index (χ4n) is 2.15. The summed E-state index contributed by atoms with van der Waals surface area (Å²) in [4.78, 5) is 22.0. The second-order valence-electron chi connectivity index (χ2n) is 4.84. The molecule has 0 aliphatic heterocycles. The van der Waals surface area contributed by atoms with Crippen LogP contribution in [0.5, 0.6) is 0 Å². The van der Waals surface area contributed by atoms with Gasteiger partial charge in [0.2, 0.25) is 5.91 Å². The third-order valence-corrected chi connectivity index (χ3v) is 3.26. The molecule has 20 heavy (non-hydrogen) atoms. The topological polar surface area (TPSA) is 79.7 Å². The summed E-state index contributed by atoms with van der Waals surface area (Å²) in [6.07, 6.45) is 9.31. The van der Waals surface area contributed by atoms with Crippen LogP contribution in [0.4, 0.5) is 0 Å². The largest absolute Gasteiger partial charge is 0.338 e. The maximum absolute atomic E-state index is 12.3. The number of aromatic amines is 1. The molecule has 0 fully saturated rings. The smallest absolute Gasteiger partial charge is 0.224 e. The van der Waals surface area contributed by atoms with Gasteiger partial charge in [-0.1, -0.05) is 13.3 Å². The number of nitrogens with zero attached hydrogens (tertiary/aromatic N) is 5. The maximum atomic E-state index is 12.3. The molecule has 2 aromatic heterocycles. The highest BCUT2D eigenvalue weighted by Gasteiger charge is 2.18. The highest BCUT2D eigenvalue weighted by molar-refractivity contribution is 5.76. The summed E-state index contributed by atoms with van der Waals surface area (Å²) in [6, 6.07) is 0.159. The first-order chi connectivity index (χ1) is 9.70. The van der Waals surface area contributed by atoms with E-state index in [0.29, 0.717) is 18.8 Å². The van der Waals surface area contributed by atoms with Gasteiger partial charge in [-0.05, 0) is 6.42 Å². The number of rotatable bonds is 7. The van der Waals surface area contributed by atoms with E-state index in [1.807, 2.05) is 10.8 Å². The van der Waals surface area contributed by atoms with E-state index in [-0.39, 0.29) is 11.9 Å². The Hall–Kier alpha value is -2.18. The van der Waals surface area contributed by atoms with Gasteiger partial charge in [-0.15, -0.1) is 0 Å². The standard InChI is InChI=1S/C13H20N6O/c1-3-4-11(19-6-5-14-10-19)7-13(20)18(2)8-12-15-9-16-17-12/h5-6,9-11H,3-4,7-8H2,1-2H3,(H,15,16,17). The highest BCUT2D eigenvalue weighted by atomic mass is 16.2. The first-order valence-electron chi connectivity index (χ1n) is 6.76. The summed E-state index contributed by atoms with van der Waals surface area (Å²) < 4.78 is 2.00. The van der Waals surface area contributed by atoms with Crippen LogP contribution in [-0.4, -0.2) is 42.6 Å². The number of carbonyl (C=O) groups excluding carboxylic acids is 1. The van der Waals surface area contributed by atoms with Gasteiger partial charge in [0, 0.05) is 31.9 Å². The molecule has 0 spiro atoms. The van der Waals surface area contributed by atoms with E-state index in [1.54, 1.807) is 24.5 Å². The average molecular weight is 276 g/mol. The monoisotopic (exact) mass is 276 g/mol. The molecule has 1 atom stereocenters. The normalized spacial score (nSPS) is 12.3. The number of amides is 1. The van der Waals surface area contributed by atoms with Gasteiger partial charge in [-0.3, -0.25) is 9.89 Å². The summed E-state index contributed by atoms with van der Waals surface area (Å²) in [6.45, 7) is 2.56. The van der Waals surface area contributed by atoms with Crippen LogP contribution in [0.25, 0.3) is 0 Å². The van der Waals surface area contributed by atoms with Gasteiger partial charge in [0.15, 0.2) is 0 Å². The van der Waals surface area contributed by atoms with Crippen molar-refractivity contribution in [2.45, 2.75) is 38.8 Å². The van der Waals surface area contributed by atoms with Crippen LogP contribution < -0.4 is 0 Å². The molecule has 2 heterocycles. The molecule has 1 N–H and O–H groups in total. The molecular formula is C13H20N6O. The Bertz CT molecular complexity index is 507. The van der Waals surface area contributed by atoms with Crippen LogP contribution in [-0.2, 0) is 11.3 Å². The van der Waals surface area contributed by atoms with Crippen LogP contribution >= 0.6 is 0 Å². The van der Waals surface area contributed by atoms with Crippen molar-refractivity contribution < 1.29 is 4.79 Å². The Morgan fingerprint density at radius 2 is 2.40 bits per heavy atom. The molecule has 0 aliphatic carbocycles. The van der Waals surface area contributed by atoms with E-state index >= 15 is 0 Å². The molecule has 0 saturated heterocycles. The van der Waals surface area contributed by atoms with E-state index < -0.39 is 0 Å². The van der Waals surface area contributed by atoms with Crippen molar-refractivity contribution in [1.29, 1.82) is 0 Å². The summed E-state index contributed by atoms with van der Waals surface area (Å²) in [5.74, 6) is 0.782. The Morgan fingerprint density at radius 3 is 3.00 bits per heavy atom. The molecule has 0 saturated carbocycles. The molecule has 0 aliphatic rings. The molecular weight excluding hydrogens is 256 g/mol. The molecule has 0 radical (unpaired) electrons. The lowest BCUT2D eigenvalue weighted by Gasteiger charge is -2.21. The zero-order chi connectivity index (χ0) is 14.4. The Balaban J connectivity index is 1.94. The number of H-pyrrole nitrogens is 1. The lowest BCUT2D eigenvalue weighted by molar-refractivity contribution is -0.131. The van der Waals surface area contributed by atoms with Crippen molar-refractivity contribution in [2.24, 2.45) is 0 Å². The molecule has 2 rings (SSSR count). The van der Waals surface area contributed by atoms with Gasteiger partial charge >= 0.3 is 0 Å². The first kappa shape index (κ1) is 14.2. The fraction of sp³-hybridized carbons (Fsp3) is 0.538. The van der Waals surface area contributed by atoms with Gasteiger partial charge in [0.25, 0.3) is 0 Å². The summed E-state index contributed by atoms with van der Waals surface area (Å²) in [5.41, 5.74) is 0. The quantitative estimate of drug-likeness (QED) is 0.828. The Morgan fingerprint density at radius 1 is 1.55 bits per heavy atom. The minimum Gasteiger partial charge on any atom is -0.338 e. The zero-order valence-corrected chi connectivity index (χ0v) is 11.9. The first-order valence-corrected chi connectivity index (χ1v) is 6.76. The van der Waals surface area contributed by atoms with Gasteiger partial charge < -0.3 is 9.47 Å². The van der Waals surface area contributed by atoms with E-state index in [4.69, 9.17) is 0 Å². The van der Waals surface area contributed by atoms with Crippen molar-refractivity contribution in [1.82, 2.24) is 29.6 Å². The number of nitrogens with one attached hydrogen (secondary N) is 1. The number of imidazole rings is 1. The molecule has 7 nitrogen and oxygen atoms in total. The average Bonchev–Trinajstić information content (AvgIpc) is 3.11. The molecule has 0 aromatic carbocycles. The van der Waals surface area contributed by atoms with Gasteiger partial charge in [-0.25, -0.2) is 9.97 Å². The molecule has 1 amide bonds. The number of aromatic nitrogens is 5. The van der Waals surface area contributed by atoms with E-state index in [0.717, 1.165) is 12.8 Å². The molecule has 2 aromatic rings. The van der Waals surface area contributed by atoms with Gasteiger partial charge in [-0.2, -0.15) is 5.10 Å². The van der Waals surface area contributed by atoms with Crippen molar-refractivity contribution >= 4 is 5.91 Å². The predicted octanol–water partition coefficient (Wildman–Crippen LogP) is 1.39. The fourth-order valence-corrected chi connectivity index (χ4v) is 2.15. The highest BCUT2D eigenvalue weighted by Crippen LogP contribution is 2.19. The molecule has 0 bridgehead atoms. The maximum Gasteiger partial charge on any atom is 0.224 e.